The molecule has 2 aromatic heterocycles. The summed E-state index contributed by atoms with van der Waals surface area (Å²) in [5.41, 5.74) is 1.05. The molecule has 0 aliphatic carbocycles. The van der Waals surface area contributed by atoms with Crippen molar-refractivity contribution in [2.75, 3.05) is 0 Å². The number of rotatable bonds is 2. The molecule has 0 radical (unpaired) electrons. The molecular formula is C22H14O6. The fourth-order valence-electron chi connectivity index (χ4n) is 3.64. The third-order valence-corrected chi connectivity index (χ3v) is 4.87. The van der Waals surface area contributed by atoms with Crippen LogP contribution >= 0.6 is 0 Å². The van der Waals surface area contributed by atoms with Gasteiger partial charge in [-0.3, -0.25) is 9.59 Å². The topological polar surface area (TPSA) is 89.9 Å². The van der Waals surface area contributed by atoms with Crippen molar-refractivity contribution < 1.29 is 23.5 Å². The smallest absolute Gasteiger partial charge is 0.312 e. The molecule has 6 heteroatoms. The van der Waals surface area contributed by atoms with E-state index in [0.29, 0.717) is 17.1 Å². The van der Waals surface area contributed by atoms with Crippen LogP contribution in [0.15, 0.2) is 74.5 Å². The van der Waals surface area contributed by atoms with E-state index < -0.39 is 11.9 Å². The molecule has 1 unspecified atom stereocenters. The fraction of sp³-hybridized carbons (Fsp3) is 0.0909. The number of fused-ring (bicyclic) bond motifs is 3. The molecule has 138 valence electrons. The third kappa shape index (κ3) is 2.50. The van der Waals surface area contributed by atoms with Crippen LogP contribution in [0.1, 0.15) is 23.7 Å². The van der Waals surface area contributed by atoms with E-state index in [-0.39, 0.29) is 34.3 Å². The molecule has 28 heavy (non-hydrogen) atoms. The summed E-state index contributed by atoms with van der Waals surface area (Å²) in [5.74, 6) is -0.151. The second-order valence-corrected chi connectivity index (χ2v) is 6.60. The van der Waals surface area contributed by atoms with E-state index in [1.807, 2.05) is 30.3 Å². The van der Waals surface area contributed by atoms with Crippen LogP contribution in [0, 0.1) is 0 Å². The largest absolute Gasteiger partial charge is 0.507 e. The fourth-order valence-corrected chi connectivity index (χ4v) is 3.64. The Bertz CT molecular complexity index is 1250. The maximum atomic E-state index is 12.8. The summed E-state index contributed by atoms with van der Waals surface area (Å²) in [5, 5.41) is 10.4. The molecule has 1 N–H and O–H groups in total. The molecule has 2 aromatic carbocycles. The van der Waals surface area contributed by atoms with E-state index >= 15 is 0 Å². The average Bonchev–Trinajstić information content (AvgIpc) is 3.22. The monoisotopic (exact) mass is 374 g/mol. The number of benzene rings is 2. The first-order valence-corrected chi connectivity index (χ1v) is 8.75. The van der Waals surface area contributed by atoms with Crippen LogP contribution in [-0.2, 0) is 4.79 Å². The van der Waals surface area contributed by atoms with Gasteiger partial charge in [-0.05, 0) is 12.1 Å². The van der Waals surface area contributed by atoms with Crippen LogP contribution in [0.3, 0.4) is 0 Å². The lowest BCUT2D eigenvalue weighted by molar-refractivity contribution is -0.135. The second-order valence-electron chi connectivity index (χ2n) is 6.60. The first-order valence-electron chi connectivity index (χ1n) is 8.75. The van der Waals surface area contributed by atoms with Gasteiger partial charge in [0.05, 0.1) is 18.6 Å². The molecule has 0 saturated carbocycles. The summed E-state index contributed by atoms with van der Waals surface area (Å²) in [6.45, 7) is 0. The van der Waals surface area contributed by atoms with Crippen LogP contribution < -0.4 is 10.2 Å². The third-order valence-electron chi connectivity index (χ3n) is 4.87. The van der Waals surface area contributed by atoms with Crippen molar-refractivity contribution in [3.63, 3.8) is 0 Å². The van der Waals surface area contributed by atoms with Crippen molar-refractivity contribution in [1.82, 2.24) is 0 Å². The summed E-state index contributed by atoms with van der Waals surface area (Å²) in [7, 11) is 0. The summed E-state index contributed by atoms with van der Waals surface area (Å²) in [4.78, 5) is 24.9. The van der Waals surface area contributed by atoms with E-state index in [0.717, 1.165) is 5.56 Å². The predicted molar refractivity (Wildman–Crippen MR) is 100 cm³/mol. The highest BCUT2D eigenvalue weighted by Gasteiger charge is 2.35. The SMILES string of the molecule is O=C1CC(c2ccco2)c2c(cc(O)c3c(=O)cc(-c4ccccc4)oc23)O1. The van der Waals surface area contributed by atoms with Gasteiger partial charge in [0.1, 0.15) is 34.0 Å². The zero-order valence-electron chi connectivity index (χ0n) is 14.5. The quantitative estimate of drug-likeness (QED) is 0.418. The number of esters is 1. The van der Waals surface area contributed by atoms with Crippen molar-refractivity contribution in [3.05, 3.63) is 82.4 Å². The van der Waals surface area contributed by atoms with Gasteiger partial charge in [-0.2, -0.15) is 0 Å². The van der Waals surface area contributed by atoms with E-state index in [1.54, 1.807) is 12.1 Å². The molecular weight excluding hydrogens is 360 g/mol. The number of phenols is 1. The molecule has 1 atom stereocenters. The van der Waals surface area contributed by atoms with Gasteiger partial charge in [0.15, 0.2) is 5.43 Å². The molecule has 6 nitrogen and oxygen atoms in total. The number of hydrogen-bond acceptors (Lipinski definition) is 6. The van der Waals surface area contributed by atoms with Gasteiger partial charge in [0.2, 0.25) is 0 Å². The van der Waals surface area contributed by atoms with Crippen LogP contribution in [0.25, 0.3) is 22.3 Å². The van der Waals surface area contributed by atoms with Gasteiger partial charge in [0.25, 0.3) is 0 Å². The molecule has 0 amide bonds. The summed E-state index contributed by atoms with van der Waals surface area (Å²) in [6, 6.07) is 15.3. The van der Waals surface area contributed by atoms with Gasteiger partial charge >= 0.3 is 5.97 Å². The number of carbonyl (C=O) groups excluding carboxylic acids is 1. The van der Waals surface area contributed by atoms with Gasteiger partial charge in [-0.1, -0.05) is 30.3 Å². The van der Waals surface area contributed by atoms with E-state index in [2.05, 4.69) is 0 Å². The second kappa shape index (κ2) is 6.13. The van der Waals surface area contributed by atoms with Crippen LogP contribution in [0.5, 0.6) is 11.5 Å². The molecule has 1 aliphatic heterocycles. The Morgan fingerprint density at radius 1 is 1.00 bits per heavy atom. The molecule has 0 saturated heterocycles. The maximum Gasteiger partial charge on any atom is 0.312 e. The minimum absolute atomic E-state index is 0.0413. The normalized spacial score (nSPS) is 16.0. The summed E-state index contributed by atoms with van der Waals surface area (Å²) < 4.78 is 16.9. The van der Waals surface area contributed by atoms with E-state index in [9.17, 15) is 14.7 Å². The molecule has 1 aliphatic rings. The van der Waals surface area contributed by atoms with E-state index in [4.69, 9.17) is 13.6 Å². The molecule has 5 rings (SSSR count). The number of aromatic hydroxyl groups is 1. The Balaban J connectivity index is 1.86. The van der Waals surface area contributed by atoms with Crippen LogP contribution in [0.4, 0.5) is 0 Å². The Hall–Kier alpha value is -3.80. The Morgan fingerprint density at radius 2 is 1.82 bits per heavy atom. The first kappa shape index (κ1) is 16.4. The lowest BCUT2D eigenvalue weighted by Crippen LogP contribution is -2.21. The van der Waals surface area contributed by atoms with E-state index in [1.165, 1.54) is 18.4 Å². The van der Waals surface area contributed by atoms with Gasteiger partial charge in [-0.15, -0.1) is 0 Å². The highest BCUT2D eigenvalue weighted by molar-refractivity contribution is 5.93. The number of carbonyl (C=O) groups is 1. The van der Waals surface area contributed by atoms with Gasteiger partial charge < -0.3 is 18.7 Å². The zero-order valence-corrected chi connectivity index (χ0v) is 14.5. The maximum absolute atomic E-state index is 12.8. The van der Waals surface area contributed by atoms with Crippen molar-refractivity contribution >= 4 is 16.9 Å². The molecule has 3 heterocycles. The number of phenolic OH excluding ortho intramolecular Hbond substituents is 1. The summed E-state index contributed by atoms with van der Waals surface area (Å²) >= 11 is 0. The number of ether oxygens (including phenoxy) is 1. The molecule has 0 bridgehead atoms. The van der Waals surface area contributed by atoms with Gasteiger partial charge in [0, 0.05) is 23.3 Å². The standard InChI is InChI=1S/C22H14O6/c23-14-10-17(12-5-2-1-3-6-12)28-22-20-13(16-7-4-8-26-16)9-19(25)27-18(20)11-15(24)21(14)22/h1-8,10-11,13,24H,9H2. The minimum atomic E-state index is -0.483. The Labute approximate surface area is 158 Å². The summed E-state index contributed by atoms with van der Waals surface area (Å²) in [6.07, 6.45) is 1.56. The predicted octanol–water partition coefficient (Wildman–Crippen LogP) is 4.20. The van der Waals surface area contributed by atoms with Crippen LogP contribution in [-0.4, -0.2) is 11.1 Å². The lowest BCUT2D eigenvalue weighted by atomic mass is 9.88. The highest BCUT2D eigenvalue weighted by atomic mass is 16.5. The van der Waals surface area contributed by atoms with Gasteiger partial charge in [-0.25, -0.2) is 0 Å². The van der Waals surface area contributed by atoms with Crippen molar-refractivity contribution in [1.29, 1.82) is 0 Å². The zero-order chi connectivity index (χ0) is 19.3. The lowest BCUT2D eigenvalue weighted by Gasteiger charge is -2.24. The van der Waals surface area contributed by atoms with Crippen molar-refractivity contribution in [2.24, 2.45) is 0 Å². The Kier molecular flexibility index (Phi) is 3.58. The minimum Gasteiger partial charge on any atom is -0.507 e. The number of hydrogen-bond donors (Lipinski definition) is 1. The molecule has 4 aromatic rings. The Morgan fingerprint density at radius 3 is 2.57 bits per heavy atom. The van der Waals surface area contributed by atoms with Crippen molar-refractivity contribution in [2.45, 2.75) is 12.3 Å². The highest BCUT2D eigenvalue weighted by Crippen LogP contribution is 2.45. The average molecular weight is 374 g/mol. The number of furan rings is 1. The molecule has 0 spiro atoms. The molecule has 0 fully saturated rings. The van der Waals surface area contributed by atoms with Crippen LogP contribution in [0.2, 0.25) is 0 Å². The first-order chi connectivity index (χ1) is 13.6. The van der Waals surface area contributed by atoms with Crippen molar-refractivity contribution in [3.8, 4) is 22.8 Å².